The van der Waals surface area contributed by atoms with Gasteiger partial charge in [0.2, 0.25) is 0 Å². The Labute approximate surface area is 196 Å². The van der Waals surface area contributed by atoms with E-state index < -0.39 is 6.10 Å². The third-order valence-electron chi connectivity index (χ3n) is 5.97. The van der Waals surface area contributed by atoms with Crippen molar-refractivity contribution in [3.8, 4) is 0 Å². The van der Waals surface area contributed by atoms with Gasteiger partial charge in [-0.2, -0.15) is 0 Å². The summed E-state index contributed by atoms with van der Waals surface area (Å²) in [5.41, 5.74) is 1.81. The quantitative estimate of drug-likeness (QED) is 0.360. The van der Waals surface area contributed by atoms with Crippen LogP contribution in [0.25, 0.3) is 10.8 Å². The average Bonchev–Trinajstić information content (AvgIpc) is 3.32. The summed E-state index contributed by atoms with van der Waals surface area (Å²) in [6, 6.07) is 26.0. The number of oxime groups is 1. The average molecular weight is 456 g/mol. The zero-order chi connectivity index (χ0) is 23.5. The molecule has 4 aromatic rings. The fourth-order valence-corrected chi connectivity index (χ4v) is 4.26. The Hall–Kier alpha value is -4.06. The lowest BCUT2D eigenvalue weighted by atomic mass is 10.0. The first-order valence-corrected chi connectivity index (χ1v) is 11.1. The maximum Gasteiger partial charge on any atom is 0.254 e. The van der Waals surface area contributed by atoms with E-state index in [-0.39, 0.29) is 30.6 Å². The van der Waals surface area contributed by atoms with Crippen molar-refractivity contribution in [1.82, 2.24) is 4.90 Å². The third-order valence-corrected chi connectivity index (χ3v) is 5.97. The summed E-state index contributed by atoms with van der Waals surface area (Å²) >= 11 is 0. The van der Waals surface area contributed by atoms with Crippen molar-refractivity contribution in [2.45, 2.75) is 19.1 Å². The van der Waals surface area contributed by atoms with E-state index in [2.05, 4.69) is 5.16 Å². The molecule has 1 atom stereocenters. The molecule has 0 bridgehead atoms. The van der Waals surface area contributed by atoms with Gasteiger partial charge in [0.05, 0.1) is 12.3 Å². The molecule has 0 radical (unpaired) electrons. The van der Waals surface area contributed by atoms with Crippen LogP contribution in [0.2, 0.25) is 0 Å². The summed E-state index contributed by atoms with van der Waals surface area (Å²) in [7, 11) is 0. The molecule has 0 aliphatic carbocycles. The second-order valence-electron chi connectivity index (χ2n) is 8.25. The van der Waals surface area contributed by atoms with Crippen LogP contribution in [0.15, 0.2) is 96.2 Å². The molecule has 1 aliphatic rings. The zero-order valence-electron chi connectivity index (χ0n) is 18.3. The van der Waals surface area contributed by atoms with Crippen molar-refractivity contribution < 1.29 is 18.4 Å². The minimum absolute atomic E-state index is 0.0730. The number of halogens is 2. The highest BCUT2D eigenvalue weighted by Crippen LogP contribution is 2.24. The number of carbonyl (C=O) groups excluding carboxylic acids is 1. The largest absolute Gasteiger partial charge is 0.390 e. The van der Waals surface area contributed by atoms with Gasteiger partial charge in [0, 0.05) is 29.7 Å². The van der Waals surface area contributed by atoms with Crippen LogP contribution in [0.3, 0.4) is 0 Å². The summed E-state index contributed by atoms with van der Waals surface area (Å²) in [6.45, 7) is 0.251. The van der Waals surface area contributed by atoms with Crippen LogP contribution < -0.4 is 0 Å². The SMILES string of the molecule is O=C(c1cccc2ccccc12)N(Cc1ccccc1F)C[C@H]1CC(c2ccccc2F)=NO1. The Morgan fingerprint density at radius 1 is 0.882 bits per heavy atom. The predicted octanol–water partition coefficient (Wildman–Crippen LogP) is 5.95. The number of nitrogens with zero attached hydrogens (tertiary/aromatic N) is 2. The molecule has 0 saturated heterocycles. The van der Waals surface area contributed by atoms with E-state index in [0.29, 0.717) is 28.8 Å². The summed E-state index contributed by atoms with van der Waals surface area (Å²) in [5.74, 6) is -0.989. The lowest BCUT2D eigenvalue weighted by molar-refractivity contribution is 0.0404. The lowest BCUT2D eigenvalue weighted by Crippen LogP contribution is -2.37. The highest BCUT2D eigenvalue weighted by Gasteiger charge is 2.29. The van der Waals surface area contributed by atoms with E-state index in [0.717, 1.165) is 10.8 Å². The summed E-state index contributed by atoms with van der Waals surface area (Å²) in [4.78, 5) is 20.9. The molecule has 5 rings (SSSR count). The molecule has 170 valence electrons. The van der Waals surface area contributed by atoms with Crippen molar-refractivity contribution in [1.29, 1.82) is 0 Å². The van der Waals surface area contributed by atoms with Gasteiger partial charge in [-0.15, -0.1) is 0 Å². The molecule has 0 saturated carbocycles. The fourth-order valence-electron chi connectivity index (χ4n) is 4.26. The smallest absolute Gasteiger partial charge is 0.254 e. The Balaban J connectivity index is 1.43. The number of carbonyl (C=O) groups is 1. The molecule has 4 nitrogen and oxygen atoms in total. The monoisotopic (exact) mass is 456 g/mol. The Bertz CT molecular complexity index is 1380. The van der Waals surface area contributed by atoms with Gasteiger partial charge in [0.25, 0.3) is 5.91 Å². The summed E-state index contributed by atoms with van der Waals surface area (Å²) in [6.07, 6.45) is -0.127. The second kappa shape index (κ2) is 9.43. The van der Waals surface area contributed by atoms with Crippen molar-refractivity contribution >= 4 is 22.4 Å². The van der Waals surface area contributed by atoms with Crippen LogP contribution in [0.5, 0.6) is 0 Å². The molecule has 0 fully saturated rings. The van der Waals surface area contributed by atoms with E-state index in [1.54, 1.807) is 47.4 Å². The maximum absolute atomic E-state index is 14.5. The van der Waals surface area contributed by atoms with Crippen LogP contribution in [0.4, 0.5) is 8.78 Å². The van der Waals surface area contributed by atoms with Gasteiger partial charge < -0.3 is 9.74 Å². The van der Waals surface area contributed by atoms with Gasteiger partial charge in [0.1, 0.15) is 11.6 Å². The lowest BCUT2D eigenvalue weighted by Gasteiger charge is -2.26. The number of hydrogen-bond donors (Lipinski definition) is 0. The van der Waals surface area contributed by atoms with Gasteiger partial charge in [-0.25, -0.2) is 8.78 Å². The van der Waals surface area contributed by atoms with Gasteiger partial charge in [0.15, 0.2) is 6.10 Å². The van der Waals surface area contributed by atoms with E-state index in [9.17, 15) is 13.6 Å². The van der Waals surface area contributed by atoms with Crippen molar-refractivity contribution in [2.75, 3.05) is 6.54 Å². The first-order valence-electron chi connectivity index (χ1n) is 11.1. The van der Waals surface area contributed by atoms with Gasteiger partial charge in [-0.1, -0.05) is 78.0 Å². The molecular weight excluding hydrogens is 434 g/mol. The van der Waals surface area contributed by atoms with E-state index >= 15 is 0 Å². The number of hydrogen-bond acceptors (Lipinski definition) is 3. The molecule has 0 N–H and O–H groups in total. The number of benzene rings is 4. The molecular formula is C28H22F2N2O2. The van der Waals surface area contributed by atoms with Crippen LogP contribution in [-0.4, -0.2) is 29.2 Å². The molecule has 34 heavy (non-hydrogen) atoms. The molecule has 1 amide bonds. The molecule has 4 aromatic carbocycles. The first kappa shape index (κ1) is 21.8. The van der Waals surface area contributed by atoms with Crippen LogP contribution in [0.1, 0.15) is 27.9 Å². The minimum Gasteiger partial charge on any atom is -0.390 e. The fraction of sp³-hybridized carbons (Fsp3) is 0.143. The Kier molecular flexibility index (Phi) is 6.04. The molecule has 0 unspecified atom stereocenters. The van der Waals surface area contributed by atoms with Crippen molar-refractivity contribution in [3.63, 3.8) is 0 Å². The maximum atomic E-state index is 14.5. The minimum atomic E-state index is -0.472. The zero-order valence-corrected chi connectivity index (χ0v) is 18.3. The highest BCUT2D eigenvalue weighted by atomic mass is 19.1. The van der Waals surface area contributed by atoms with Crippen LogP contribution in [-0.2, 0) is 11.4 Å². The highest BCUT2D eigenvalue weighted by molar-refractivity contribution is 6.07. The van der Waals surface area contributed by atoms with Crippen molar-refractivity contribution in [3.05, 3.63) is 119 Å². The normalized spacial score (nSPS) is 15.1. The molecule has 1 heterocycles. The van der Waals surface area contributed by atoms with Gasteiger partial charge in [-0.3, -0.25) is 4.79 Å². The molecule has 1 aliphatic heterocycles. The van der Waals surface area contributed by atoms with Gasteiger partial charge >= 0.3 is 0 Å². The Morgan fingerprint density at radius 3 is 2.41 bits per heavy atom. The topological polar surface area (TPSA) is 41.9 Å². The van der Waals surface area contributed by atoms with Crippen molar-refractivity contribution in [2.24, 2.45) is 5.16 Å². The first-order chi connectivity index (χ1) is 16.6. The Morgan fingerprint density at radius 2 is 1.59 bits per heavy atom. The number of fused-ring (bicyclic) bond motifs is 1. The number of rotatable bonds is 6. The predicted molar refractivity (Wildman–Crippen MR) is 128 cm³/mol. The second-order valence-corrected chi connectivity index (χ2v) is 8.25. The summed E-state index contributed by atoms with van der Waals surface area (Å²) < 4.78 is 28.7. The van der Waals surface area contributed by atoms with Crippen LogP contribution >= 0.6 is 0 Å². The molecule has 6 heteroatoms. The number of amides is 1. The molecule has 0 spiro atoms. The van der Waals surface area contributed by atoms with Crippen LogP contribution in [0, 0.1) is 11.6 Å². The molecule has 0 aromatic heterocycles. The standard InChI is InChI=1S/C28H22F2N2O2/c29-25-14-5-2-9-20(25)17-32(28(33)23-13-7-10-19-8-1-3-11-22(19)23)18-21-16-27(31-34-21)24-12-4-6-15-26(24)30/h1-15,21H,16-18H2/t21-/m1/s1. The van der Waals surface area contributed by atoms with E-state index in [4.69, 9.17) is 4.84 Å². The van der Waals surface area contributed by atoms with E-state index in [1.165, 1.54) is 12.1 Å². The van der Waals surface area contributed by atoms with Gasteiger partial charge in [-0.05, 0) is 29.0 Å². The van der Waals surface area contributed by atoms with E-state index in [1.807, 2.05) is 36.4 Å². The summed E-state index contributed by atoms with van der Waals surface area (Å²) in [5, 5.41) is 5.84. The third kappa shape index (κ3) is 4.39.